The maximum atomic E-state index is 11.0. The van der Waals surface area contributed by atoms with E-state index < -0.39 is 0 Å². The van der Waals surface area contributed by atoms with Crippen LogP contribution >= 0.6 is 0 Å². The third kappa shape index (κ3) is 2.15. The van der Waals surface area contributed by atoms with Crippen LogP contribution in [0.15, 0.2) is 12.1 Å². The van der Waals surface area contributed by atoms with E-state index in [1.54, 1.807) is 13.0 Å². The molecule has 1 aromatic carbocycles. The van der Waals surface area contributed by atoms with E-state index in [9.17, 15) is 10.1 Å². The Balaban J connectivity index is 2.30. The van der Waals surface area contributed by atoms with Crippen molar-refractivity contribution in [3.05, 3.63) is 33.4 Å². The summed E-state index contributed by atoms with van der Waals surface area (Å²) in [6, 6.07) is 3.63. The van der Waals surface area contributed by atoms with Gasteiger partial charge in [-0.2, -0.15) is 0 Å². The van der Waals surface area contributed by atoms with Crippen LogP contribution in [0.4, 0.5) is 5.69 Å². The third-order valence-electron chi connectivity index (χ3n) is 2.87. The van der Waals surface area contributed by atoms with Crippen LogP contribution in [0.5, 0.6) is 5.75 Å². The number of nitro benzene ring substituents is 1. The van der Waals surface area contributed by atoms with E-state index in [2.05, 4.69) is 0 Å². The van der Waals surface area contributed by atoms with Gasteiger partial charge in [-0.3, -0.25) is 10.1 Å². The summed E-state index contributed by atoms with van der Waals surface area (Å²) in [4.78, 5) is 10.6. The summed E-state index contributed by atoms with van der Waals surface area (Å²) in [5.41, 5.74) is 1.60. The molecule has 0 N–H and O–H groups in total. The lowest BCUT2D eigenvalue weighted by Gasteiger charge is -2.10. The van der Waals surface area contributed by atoms with Crippen molar-refractivity contribution in [3.63, 3.8) is 0 Å². The van der Waals surface area contributed by atoms with Gasteiger partial charge in [-0.15, -0.1) is 0 Å². The van der Waals surface area contributed by atoms with Gasteiger partial charge in [-0.1, -0.05) is 12.1 Å². The van der Waals surface area contributed by atoms with Gasteiger partial charge in [-0.25, -0.2) is 0 Å². The van der Waals surface area contributed by atoms with Crippen molar-refractivity contribution in [2.45, 2.75) is 26.7 Å². The topological polar surface area (TPSA) is 52.4 Å². The highest BCUT2D eigenvalue weighted by Gasteiger charge is 2.26. The average Bonchev–Trinajstić information content (AvgIpc) is 3.02. The van der Waals surface area contributed by atoms with Crippen LogP contribution in [0.1, 0.15) is 24.0 Å². The lowest BCUT2D eigenvalue weighted by molar-refractivity contribution is -0.386. The Kier molecular flexibility index (Phi) is 2.81. The molecule has 4 heteroatoms. The highest BCUT2D eigenvalue weighted by Crippen LogP contribution is 2.36. The van der Waals surface area contributed by atoms with E-state index >= 15 is 0 Å². The van der Waals surface area contributed by atoms with Crippen molar-refractivity contribution in [1.29, 1.82) is 0 Å². The van der Waals surface area contributed by atoms with Crippen molar-refractivity contribution >= 4 is 5.69 Å². The van der Waals surface area contributed by atoms with E-state index in [0.29, 0.717) is 23.8 Å². The van der Waals surface area contributed by atoms with Gasteiger partial charge in [0.15, 0.2) is 5.75 Å². The molecule has 0 aliphatic heterocycles. The summed E-state index contributed by atoms with van der Waals surface area (Å²) < 4.78 is 5.59. The monoisotopic (exact) mass is 221 g/mol. The van der Waals surface area contributed by atoms with Crippen molar-refractivity contribution < 1.29 is 9.66 Å². The van der Waals surface area contributed by atoms with Crippen LogP contribution < -0.4 is 4.74 Å². The minimum Gasteiger partial charge on any atom is -0.486 e. The Labute approximate surface area is 94.4 Å². The Morgan fingerprint density at radius 3 is 2.56 bits per heavy atom. The van der Waals surface area contributed by atoms with E-state index in [1.807, 2.05) is 13.0 Å². The summed E-state index contributed by atoms with van der Waals surface area (Å²) >= 11 is 0. The first-order valence-corrected chi connectivity index (χ1v) is 5.47. The van der Waals surface area contributed by atoms with Gasteiger partial charge < -0.3 is 4.74 Å². The lowest BCUT2D eigenvalue weighted by Crippen LogP contribution is -2.04. The van der Waals surface area contributed by atoms with Gasteiger partial charge in [0.1, 0.15) is 0 Å². The molecule has 0 spiro atoms. The molecule has 1 aliphatic carbocycles. The second-order valence-corrected chi connectivity index (χ2v) is 4.39. The molecule has 16 heavy (non-hydrogen) atoms. The summed E-state index contributed by atoms with van der Waals surface area (Å²) in [5, 5.41) is 11.0. The molecular formula is C12H15NO3. The molecule has 2 rings (SSSR count). The zero-order valence-corrected chi connectivity index (χ0v) is 9.53. The van der Waals surface area contributed by atoms with Gasteiger partial charge in [-0.05, 0) is 38.2 Å². The fraction of sp³-hybridized carbons (Fsp3) is 0.500. The molecule has 0 bridgehead atoms. The summed E-state index contributed by atoms with van der Waals surface area (Å²) in [5.74, 6) is 1.04. The number of nitrogens with zero attached hydrogens (tertiary/aromatic N) is 1. The zero-order chi connectivity index (χ0) is 11.7. The highest BCUT2D eigenvalue weighted by molar-refractivity contribution is 5.56. The van der Waals surface area contributed by atoms with Crippen molar-refractivity contribution in [2.24, 2.45) is 5.92 Å². The predicted octanol–water partition coefficient (Wildman–Crippen LogP) is 3.00. The van der Waals surface area contributed by atoms with Gasteiger partial charge in [0.2, 0.25) is 0 Å². The second-order valence-electron chi connectivity index (χ2n) is 4.39. The standard InChI is InChI=1S/C12H15NO3/c1-8-3-4-9(2)12(11(8)13(14)15)16-7-10-5-6-10/h3-4,10H,5-7H2,1-2H3. The molecule has 1 aromatic rings. The van der Waals surface area contributed by atoms with Crippen molar-refractivity contribution in [2.75, 3.05) is 6.61 Å². The first kappa shape index (κ1) is 10.9. The molecule has 0 radical (unpaired) electrons. The fourth-order valence-corrected chi connectivity index (χ4v) is 1.67. The van der Waals surface area contributed by atoms with Crippen LogP contribution in [-0.4, -0.2) is 11.5 Å². The maximum absolute atomic E-state index is 11.0. The Hall–Kier alpha value is -1.58. The summed E-state index contributed by atoms with van der Waals surface area (Å²) in [7, 11) is 0. The summed E-state index contributed by atoms with van der Waals surface area (Å²) in [6.07, 6.45) is 2.36. The molecule has 0 atom stereocenters. The van der Waals surface area contributed by atoms with Crippen LogP contribution in [0.25, 0.3) is 0 Å². The minimum absolute atomic E-state index is 0.112. The molecule has 1 saturated carbocycles. The van der Waals surface area contributed by atoms with Crippen LogP contribution in [0.2, 0.25) is 0 Å². The van der Waals surface area contributed by atoms with Gasteiger partial charge in [0.05, 0.1) is 11.5 Å². The molecule has 86 valence electrons. The number of hydrogen-bond donors (Lipinski definition) is 0. The van der Waals surface area contributed by atoms with Gasteiger partial charge >= 0.3 is 5.69 Å². The molecular weight excluding hydrogens is 206 g/mol. The number of nitro groups is 1. The fourth-order valence-electron chi connectivity index (χ4n) is 1.67. The van der Waals surface area contributed by atoms with Crippen LogP contribution in [-0.2, 0) is 0 Å². The SMILES string of the molecule is Cc1ccc(C)c([N+](=O)[O-])c1OCC1CC1. The molecule has 0 saturated heterocycles. The van der Waals surface area contributed by atoms with Crippen LogP contribution in [0.3, 0.4) is 0 Å². The van der Waals surface area contributed by atoms with Gasteiger partial charge in [0, 0.05) is 5.56 Å². The normalized spacial score (nSPS) is 14.9. The first-order chi connectivity index (χ1) is 7.59. The minimum atomic E-state index is -0.357. The van der Waals surface area contributed by atoms with Crippen molar-refractivity contribution in [1.82, 2.24) is 0 Å². The molecule has 0 aromatic heterocycles. The Morgan fingerprint density at radius 2 is 2.00 bits per heavy atom. The molecule has 4 nitrogen and oxygen atoms in total. The average molecular weight is 221 g/mol. The smallest absolute Gasteiger partial charge is 0.314 e. The number of rotatable bonds is 4. The predicted molar refractivity (Wildman–Crippen MR) is 60.8 cm³/mol. The number of aryl methyl sites for hydroxylation is 2. The third-order valence-corrected chi connectivity index (χ3v) is 2.87. The Bertz CT molecular complexity index is 425. The van der Waals surface area contributed by atoms with E-state index in [1.165, 1.54) is 12.8 Å². The first-order valence-electron chi connectivity index (χ1n) is 5.47. The van der Waals surface area contributed by atoms with E-state index in [-0.39, 0.29) is 10.6 Å². The maximum Gasteiger partial charge on any atom is 0.314 e. The zero-order valence-electron chi connectivity index (χ0n) is 9.53. The largest absolute Gasteiger partial charge is 0.486 e. The Morgan fingerprint density at radius 1 is 1.38 bits per heavy atom. The molecule has 1 fully saturated rings. The highest BCUT2D eigenvalue weighted by atomic mass is 16.6. The van der Waals surface area contributed by atoms with Crippen LogP contribution in [0, 0.1) is 29.9 Å². The van der Waals surface area contributed by atoms with E-state index in [0.717, 1.165) is 5.56 Å². The van der Waals surface area contributed by atoms with Crippen molar-refractivity contribution in [3.8, 4) is 5.75 Å². The molecule has 0 amide bonds. The van der Waals surface area contributed by atoms with E-state index in [4.69, 9.17) is 4.74 Å². The molecule has 0 heterocycles. The molecule has 0 unspecified atom stereocenters. The second kappa shape index (κ2) is 4.12. The number of ether oxygens (including phenoxy) is 1. The number of benzene rings is 1. The van der Waals surface area contributed by atoms with Gasteiger partial charge in [0.25, 0.3) is 0 Å². The lowest BCUT2D eigenvalue weighted by atomic mass is 10.1. The number of hydrogen-bond acceptors (Lipinski definition) is 3. The molecule has 1 aliphatic rings. The summed E-state index contributed by atoms with van der Waals surface area (Å²) in [6.45, 7) is 4.18. The quantitative estimate of drug-likeness (QED) is 0.580.